The van der Waals surface area contributed by atoms with E-state index in [1.54, 1.807) is 18.2 Å². The van der Waals surface area contributed by atoms with Crippen molar-refractivity contribution in [1.29, 1.82) is 0 Å². The van der Waals surface area contributed by atoms with Gasteiger partial charge in [-0.15, -0.1) is 0 Å². The lowest BCUT2D eigenvalue weighted by Crippen LogP contribution is -2.47. The lowest BCUT2D eigenvalue weighted by atomic mass is 10.2. The average Bonchev–Trinajstić information content (AvgIpc) is 2.69. The summed E-state index contributed by atoms with van der Waals surface area (Å²) in [5.74, 6) is -0.292. The van der Waals surface area contributed by atoms with Crippen LogP contribution in [0.2, 0.25) is 0 Å². The number of amides is 4. The van der Waals surface area contributed by atoms with Crippen molar-refractivity contribution >= 4 is 29.2 Å². The average molecular weight is 366 g/mol. The topological polar surface area (TPSA) is 90.5 Å². The highest BCUT2D eigenvalue weighted by atomic mass is 16.2. The highest BCUT2D eigenvalue weighted by molar-refractivity contribution is 6.09. The van der Waals surface area contributed by atoms with Crippen molar-refractivity contribution in [1.82, 2.24) is 10.6 Å². The standard InChI is InChI=1S/C20H22N4O3/c25-18(22-13-15-7-2-1-3-8-15)11-6-12-21-20(27)24-14-19(26)23-16-9-4-5-10-17(16)24/h1-5,7-10H,6,11-14H2,(H,21,27)(H,22,25)(H,23,26). The van der Waals surface area contributed by atoms with E-state index in [1.165, 1.54) is 4.90 Å². The summed E-state index contributed by atoms with van der Waals surface area (Å²) in [7, 11) is 0. The molecular formula is C20H22N4O3. The Morgan fingerprint density at radius 1 is 1.00 bits per heavy atom. The number of hydrogen-bond donors (Lipinski definition) is 3. The van der Waals surface area contributed by atoms with Crippen molar-refractivity contribution in [3.05, 3.63) is 60.2 Å². The van der Waals surface area contributed by atoms with Gasteiger partial charge in [-0.2, -0.15) is 0 Å². The fourth-order valence-corrected chi connectivity index (χ4v) is 2.84. The van der Waals surface area contributed by atoms with Gasteiger partial charge in [-0.25, -0.2) is 4.79 Å². The van der Waals surface area contributed by atoms with Gasteiger partial charge in [0.15, 0.2) is 0 Å². The largest absolute Gasteiger partial charge is 0.352 e. The Hall–Kier alpha value is -3.35. The van der Waals surface area contributed by atoms with Gasteiger partial charge in [0.1, 0.15) is 6.54 Å². The molecule has 0 aliphatic carbocycles. The number of anilines is 2. The van der Waals surface area contributed by atoms with Gasteiger partial charge in [0.05, 0.1) is 11.4 Å². The molecule has 7 nitrogen and oxygen atoms in total. The van der Waals surface area contributed by atoms with Gasteiger partial charge in [-0.1, -0.05) is 42.5 Å². The number of nitrogens with zero attached hydrogens (tertiary/aromatic N) is 1. The second kappa shape index (κ2) is 8.84. The van der Waals surface area contributed by atoms with E-state index < -0.39 is 0 Å². The van der Waals surface area contributed by atoms with Crippen LogP contribution in [-0.2, 0) is 16.1 Å². The normalized spacial score (nSPS) is 12.7. The first-order valence-corrected chi connectivity index (χ1v) is 8.88. The molecule has 0 unspecified atom stereocenters. The number of carbonyl (C=O) groups excluding carboxylic acids is 3. The van der Waals surface area contributed by atoms with Crippen LogP contribution >= 0.6 is 0 Å². The molecule has 0 saturated heterocycles. The second-order valence-corrected chi connectivity index (χ2v) is 6.25. The van der Waals surface area contributed by atoms with Crippen molar-refractivity contribution in [3.63, 3.8) is 0 Å². The fraction of sp³-hybridized carbons (Fsp3) is 0.250. The molecule has 1 aliphatic rings. The molecule has 0 atom stereocenters. The van der Waals surface area contributed by atoms with Crippen LogP contribution in [0.3, 0.4) is 0 Å². The van der Waals surface area contributed by atoms with Crippen LogP contribution in [0.1, 0.15) is 18.4 Å². The lowest BCUT2D eigenvalue weighted by molar-refractivity contribution is -0.121. The monoisotopic (exact) mass is 366 g/mol. The fourth-order valence-electron chi connectivity index (χ4n) is 2.84. The van der Waals surface area contributed by atoms with Crippen molar-refractivity contribution in [2.24, 2.45) is 0 Å². The van der Waals surface area contributed by atoms with Crippen molar-refractivity contribution in [2.75, 3.05) is 23.3 Å². The number of urea groups is 1. The molecule has 4 amide bonds. The summed E-state index contributed by atoms with van der Waals surface area (Å²) in [6.45, 7) is 0.823. The van der Waals surface area contributed by atoms with Crippen LogP contribution in [0, 0.1) is 0 Å². The Kier molecular flexibility index (Phi) is 6.04. The van der Waals surface area contributed by atoms with E-state index >= 15 is 0 Å². The molecule has 1 aliphatic heterocycles. The molecule has 0 bridgehead atoms. The summed E-state index contributed by atoms with van der Waals surface area (Å²) in [5.41, 5.74) is 2.32. The maximum absolute atomic E-state index is 12.4. The summed E-state index contributed by atoms with van der Waals surface area (Å²) in [5, 5.41) is 8.37. The Morgan fingerprint density at radius 2 is 1.74 bits per heavy atom. The highest BCUT2D eigenvalue weighted by Gasteiger charge is 2.26. The zero-order chi connectivity index (χ0) is 19.1. The Morgan fingerprint density at radius 3 is 2.56 bits per heavy atom. The molecule has 2 aromatic rings. The SMILES string of the molecule is O=C(CCCNC(=O)N1CC(=O)Nc2ccccc21)NCc1ccccc1. The molecule has 1 heterocycles. The molecular weight excluding hydrogens is 344 g/mol. The van der Waals surface area contributed by atoms with Crippen LogP contribution in [0.4, 0.5) is 16.2 Å². The van der Waals surface area contributed by atoms with E-state index in [9.17, 15) is 14.4 Å². The van der Waals surface area contributed by atoms with E-state index in [0.717, 1.165) is 5.56 Å². The number of fused-ring (bicyclic) bond motifs is 1. The molecule has 7 heteroatoms. The number of hydrogen-bond acceptors (Lipinski definition) is 3. The summed E-state index contributed by atoms with van der Waals surface area (Å²) >= 11 is 0. The molecule has 0 saturated carbocycles. The van der Waals surface area contributed by atoms with E-state index in [4.69, 9.17) is 0 Å². The van der Waals surface area contributed by atoms with Gasteiger partial charge in [0.25, 0.3) is 0 Å². The van der Waals surface area contributed by atoms with Crippen LogP contribution in [0.25, 0.3) is 0 Å². The van der Waals surface area contributed by atoms with Crippen molar-refractivity contribution in [3.8, 4) is 0 Å². The van der Waals surface area contributed by atoms with Crippen LogP contribution in [-0.4, -0.2) is 30.9 Å². The lowest BCUT2D eigenvalue weighted by Gasteiger charge is -2.29. The Bertz CT molecular complexity index is 823. The summed E-state index contributed by atoms with van der Waals surface area (Å²) in [6.07, 6.45) is 0.845. The number of benzene rings is 2. The van der Waals surface area contributed by atoms with E-state index in [-0.39, 0.29) is 24.4 Å². The van der Waals surface area contributed by atoms with Crippen molar-refractivity contribution in [2.45, 2.75) is 19.4 Å². The second-order valence-electron chi connectivity index (χ2n) is 6.25. The number of nitrogens with one attached hydrogen (secondary N) is 3. The van der Waals surface area contributed by atoms with Gasteiger partial charge in [-0.3, -0.25) is 14.5 Å². The van der Waals surface area contributed by atoms with Crippen LogP contribution in [0.15, 0.2) is 54.6 Å². The molecule has 0 aromatic heterocycles. The first-order valence-electron chi connectivity index (χ1n) is 8.88. The molecule has 3 N–H and O–H groups in total. The number of carbonyl (C=O) groups is 3. The maximum atomic E-state index is 12.4. The van der Waals surface area contributed by atoms with E-state index in [1.807, 2.05) is 36.4 Å². The molecule has 2 aromatic carbocycles. The zero-order valence-corrected chi connectivity index (χ0v) is 14.9. The van der Waals surface area contributed by atoms with Gasteiger partial charge in [-0.05, 0) is 24.1 Å². The Labute approximate surface area is 157 Å². The van der Waals surface area contributed by atoms with Crippen LogP contribution < -0.4 is 20.9 Å². The van der Waals surface area contributed by atoms with Crippen LogP contribution in [0.5, 0.6) is 0 Å². The smallest absolute Gasteiger partial charge is 0.322 e. The summed E-state index contributed by atoms with van der Waals surface area (Å²) < 4.78 is 0. The molecule has 140 valence electrons. The first kappa shape index (κ1) is 18.4. The Balaban J connectivity index is 1.41. The quantitative estimate of drug-likeness (QED) is 0.685. The van der Waals surface area contributed by atoms with Gasteiger partial charge in [0, 0.05) is 19.5 Å². The molecule has 3 rings (SSSR count). The molecule has 27 heavy (non-hydrogen) atoms. The number of para-hydroxylation sites is 2. The minimum atomic E-state index is -0.345. The summed E-state index contributed by atoms with van der Waals surface area (Å²) in [4.78, 5) is 37.4. The van der Waals surface area contributed by atoms with Gasteiger partial charge < -0.3 is 16.0 Å². The molecule has 0 spiro atoms. The first-order chi connectivity index (χ1) is 13.1. The predicted octanol–water partition coefficient (Wildman–Crippen LogP) is 2.25. The number of rotatable bonds is 6. The zero-order valence-electron chi connectivity index (χ0n) is 14.9. The highest BCUT2D eigenvalue weighted by Crippen LogP contribution is 2.28. The maximum Gasteiger partial charge on any atom is 0.322 e. The van der Waals surface area contributed by atoms with E-state index in [0.29, 0.717) is 37.3 Å². The summed E-state index contributed by atoms with van der Waals surface area (Å²) in [6, 6.07) is 16.5. The molecule has 0 radical (unpaired) electrons. The van der Waals surface area contributed by atoms with E-state index in [2.05, 4.69) is 16.0 Å². The predicted molar refractivity (Wildman–Crippen MR) is 103 cm³/mol. The minimum absolute atomic E-state index is 0.0274. The van der Waals surface area contributed by atoms with Gasteiger partial charge in [0.2, 0.25) is 11.8 Å². The van der Waals surface area contributed by atoms with Crippen molar-refractivity contribution < 1.29 is 14.4 Å². The molecule has 0 fully saturated rings. The third kappa shape index (κ3) is 5.07. The third-order valence-electron chi connectivity index (χ3n) is 4.21. The minimum Gasteiger partial charge on any atom is -0.352 e. The van der Waals surface area contributed by atoms with Gasteiger partial charge >= 0.3 is 6.03 Å². The third-order valence-corrected chi connectivity index (χ3v) is 4.21.